The number of rotatable bonds is 5. The zero-order chi connectivity index (χ0) is 18.7. The van der Waals surface area contributed by atoms with Gasteiger partial charge in [0.05, 0.1) is 15.6 Å². The smallest absolute Gasteiger partial charge is 0.261 e. The number of hydrogen-bond acceptors (Lipinski definition) is 3. The second-order valence-electron chi connectivity index (χ2n) is 5.57. The van der Waals surface area contributed by atoms with Gasteiger partial charge in [-0.2, -0.15) is 0 Å². The third kappa shape index (κ3) is 4.15. The number of sulfonamides is 1. The fraction of sp³-hybridized carbons (Fsp3) is 0.0526. The van der Waals surface area contributed by atoms with Crippen molar-refractivity contribution in [2.75, 3.05) is 4.72 Å². The fourth-order valence-electron chi connectivity index (χ4n) is 2.26. The van der Waals surface area contributed by atoms with Crippen molar-refractivity contribution in [1.82, 2.24) is 0 Å². The minimum atomic E-state index is -3.83. The molecule has 0 saturated heterocycles. The average Bonchev–Trinajstić information content (AvgIpc) is 2.60. The lowest BCUT2D eigenvalue weighted by molar-refractivity contribution is 0.478. The highest BCUT2D eigenvalue weighted by Gasteiger charge is 2.15. The van der Waals surface area contributed by atoms with E-state index >= 15 is 0 Å². The van der Waals surface area contributed by atoms with Crippen molar-refractivity contribution in [3.05, 3.63) is 83.1 Å². The maximum absolute atomic E-state index is 13.2. The molecule has 0 fully saturated rings. The van der Waals surface area contributed by atoms with Crippen LogP contribution in [0.4, 0.5) is 10.1 Å². The molecule has 0 unspecified atom stereocenters. The van der Waals surface area contributed by atoms with E-state index < -0.39 is 15.8 Å². The Balaban J connectivity index is 1.78. The van der Waals surface area contributed by atoms with E-state index in [2.05, 4.69) is 4.72 Å². The zero-order valence-electron chi connectivity index (χ0n) is 13.7. The van der Waals surface area contributed by atoms with Gasteiger partial charge in [-0.1, -0.05) is 29.8 Å². The van der Waals surface area contributed by atoms with Gasteiger partial charge in [0.25, 0.3) is 10.0 Å². The number of halogens is 2. The lowest BCUT2D eigenvalue weighted by Gasteiger charge is -2.11. The minimum absolute atomic E-state index is 0.0510. The van der Waals surface area contributed by atoms with Gasteiger partial charge in [0.2, 0.25) is 0 Å². The van der Waals surface area contributed by atoms with Crippen LogP contribution in [0.15, 0.2) is 71.6 Å². The SMILES string of the molecule is Cc1ccccc1Oc1ccc(S(=O)(=O)Nc2ccc(F)c(Cl)c2)cc1. The second kappa shape index (κ2) is 7.35. The Morgan fingerprint density at radius 3 is 2.35 bits per heavy atom. The van der Waals surface area contributed by atoms with Crippen molar-refractivity contribution < 1.29 is 17.5 Å². The first-order valence-corrected chi connectivity index (χ1v) is 9.53. The number of anilines is 1. The summed E-state index contributed by atoms with van der Waals surface area (Å²) in [5.74, 6) is 0.595. The summed E-state index contributed by atoms with van der Waals surface area (Å²) < 4.78 is 46.2. The van der Waals surface area contributed by atoms with Gasteiger partial charge in [0.1, 0.15) is 17.3 Å². The van der Waals surface area contributed by atoms with Gasteiger partial charge in [-0.3, -0.25) is 4.72 Å². The first-order chi connectivity index (χ1) is 12.3. The van der Waals surface area contributed by atoms with E-state index in [0.717, 1.165) is 11.6 Å². The van der Waals surface area contributed by atoms with Crippen molar-refractivity contribution >= 4 is 27.3 Å². The molecule has 3 aromatic carbocycles. The van der Waals surface area contributed by atoms with Crippen LogP contribution < -0.4 is 9.46 Å². The molecule has 0 saturated carbocycles. The molecule has 0 radical (unpaired) electrons. The Morgan fingerprint density at radius 1 is 1.00 bits per heavy atom. The summed E-state index contributed by atoms with van der Waals surface area (Å²) in [5, 5.41) is -0.160. The lowest BCUT2D eigenvalue weighted by Crippen LogP contribution is -2.12. The fourth-order valence-corrected chi connectivity index (χ4v) is 3.49. The van der Waals surface area contributed by atoms with Gasteiger partial charge >= 0.3 is 0 Å². The summed E-state index contributed by atoms with van der Waals surface area (Å²) in [7, 11) is -3.83. The van der Waals surface area contributed by atoms with E-state index in [1.807, 2.05) is 31.2 Å². The van der Waals surface area contributed by atoms with Gasteiger partial charge in [-0.05, 0) is 61.0 Å². The normalized spacial score (nSPS) is 11.2. The van der Waals surface area contributed by atoms with Crippen LogP contribution in [0.25, 0.3) is 0 Å². The van der Waals surface area contributed by atoms with Crippen molar-refractivity contribution in [2.24, 2.45) is 0 Å². The maximum atomic E-state index is 13.2. The molecular formula is C19H15ClFNO3S. The molecule has 3 rings (SSSR count). The molecule has 0 aliphatic carbocycles. The number of hydrogen-bond donors (Lipinski definition) is 1. The molecule has 0 bridgehead atoms. The Morgan fingerprint density at radius 2 is 1.69 bits per heavy atom. The molecule has 0 aliphatic rings. The number of ether oxygens (including phenoxy) is 1. The summed E-state index contributed by atoms with van der Waals surface area (Å²) in [6.45, 7) is 1.92. The molecule has 7 heteroatoms. The van der Waals surface area contributed by atoms with E-state index in [9.17, 15) is 12.8 Å². The van der Waals surface area contributed by atoms with Gasteiger partial charge in [-0.15, -0.1) is 0 Å². The van der Waals surface area contributed by atoms with Crippen LogP contribution in [0.2, 0.25) is 5.02 Å². The molecule has 0 spiro atoms. The largest absolute Gasteiger partial charge is 0.457 e. The standard InChI is InChI=1S/C19H15ClFNO3S/c1-13-4-2-3-5-19(13)25-15-7-9-16(10-8-15)26(23,24)22-14-6-11-18(21)17(20)12-14/h2-12,22H,1H3. The Hall–Kier alpha value is -2.57. The van der Waals surface area contributed by atoms with Crippen molar-refractivity contribution in [3.63, 3.8) is 0 Å². The van der Waals surface area contributed by atoms with Crippen LogP contribution in [-0.4, -0.2) is 8.42 Å². The molecule has 4 nitrogen and oxygen atoms in total. The molecule has 0 aromatic heterocycles. The predicted octanol–water partition coefficient (Wildman–Crippen LogP) is 5.38. The molecule has 0 atom stereocenters. The molecule has 26 heavy (non-hydrogen) atoms. The van der Waals surface area contributed by atoms with E-state index in [4.69, 9.17) is 16.3 Å². The topological polar surface area (TPSA) is 55.4 Å². The number of aryl methyl sites for hydroxylation is 1. The highest BCUT2D eigenvalue weighted by molar-refractivity contribution is 7.92. The third-order valence-electron chi connectivity index (χ3n) is 3.63. The van der Waals surface area contributed by atoms with Gasteiger partial charge < -0.3 is 4.74 Å². The van der Waals surface area contributed by atoms with Crippen LogP contribution >= 0.6 is 11.6 Å². The third-order valence-corrected chi connectivity index (χ3v) is 5.31. The zero-order valence-corrected chi connectivity index (χ0v) is 15.3. The summed E-state index contributed by atoms with van der Waals surface area (Å²) in [5.41, 5.74) is 1.15. The van der Waals surface area contributed by atoms with Gasteiger partial charge in [0.15, 0.2) is 0 Å². The van der Waals surface area contributed by atoms with Crippen molar-refractivity contribution in [3.8, 4) is 11.5 Å². The highest BCUT2D eigenvalue weighted by Crippen LogP contribution is 2.27. The van der Waals surface area contributed by atoms with Crippen LogP contribution in [0.1, 0.15) is 5.56 Å². The second-order valence-corrected chi connectivity index (χ2v) is 7.66. The van der Waals surface area contributed by atoms with Crippen LogP contribution in [0, 0.1) is 12.7 Å². The molecule has 0 heterocycles. The average molecular weight is 392 g/mol. The number of para-hydroxylation sites is 1. The molecule has 134 valence electrons. The summed E-state index contributed by atoms with van der Waals surface area (Å²) >= 11 is 5.67. The summed E-state index contributed by atoms with van der Waals surface area (Å²) in [6, 6.07) is 17.1. The Bertz CT molecular complexity index is 1040. The van der Waals surface area contributed by atoms with Crippen molar-refractivity contribution in [1.29, 1.82) is 0 Å². The van der Waals surface area contributed by atoms with E-state index in [1.54, 1.807) is 12.1 Å². The first-order valence-electron chi connectivity index (χ1n) is 7.66. The number of benzene rings is 3. The molecule has 3 aromatic rings. The first kappa shape index (κ1) is 18.2. The van der Waals surface area contributed by atoms with Crippen LogP contribution in [-0.2, 0) is 10.0 Å². The predicted molar refractivity (Wildman–Crippen MR) is 99.9 cm³/mol. The Kier molecular flexibility index (Phi) is 5.15. The molecule has 0 amide bonds. The van der Waals surface area contributed by atoms with E-state index in [1.165, 1.54) is 24.3 Å². The summed E-state index contributed by atoms with van der Waals surface area (Å²) in [4.78, 5) is 0.0510. The monoisotopic (exact) mass is 391 g/mol. The van der Waals surface area contributed by atoms with Crippen LogP contribution in [0.5, 0.6) is 11.5 Å². The molecular weight excluding hydrogens is 377 g/mol. The highest BCUT2D eigenvalue weighted by atomic mass is 35.5. The summed E-state index contributed by atoms with van der Waals surface area (Å²) in [6.07, 6.45) is 0. The Labute approximate surface area is 156 Å². The maximum Gasteiger partial charge on any atom is 0.261 e. The van der Waals surface area contributed by atoms with E-state index in [-0.39, 0.29) is 15.6 Å². The van der Waals surface area contributed by atoms with Crippen LogP contribution in [0.3, 0.4) is 0 Å². The van der Waals surface area contributed by atoms with Gasteiger partial charge in [0, 0.05) is 0 Å². The molecule has 1 N–H and O–H groups in total. The molecule has 0 aliphatic heterocycles. The van der Waals surface area contributed by atoms with Gasteiger partial charge in [-0.25, -0.2) is 12.8 Å². The van der Waals surface area contributed by atoms with E-state index in [0.29, 0.717) is 11.5 Å². The number of nitrogens with one attached hydrogen (secondary N) is 1. The lowest BCUT2D eigenvalue weighted by atomic mass is 10.2. The van der Waals surface area contributed by atoms with Crippen molar-refractivity contribution in [2.45, 2.75) is 11.8 Å². The quantitative estimate of drug-likeness (QED) is 0.635. The minimum Gasteiger partial charge on any atom is -0.457 e.